The Kier molecular flexibility index (Phi) is 8.13. The highest BCUT2D eigenvalue weighted by atomic mass is 32.1. The van der Waals surface area contributed by atoms with Crippen molar-refractivity contribution in [1.29, 1.82) is 0 Å². The fourth-order valence-electron chi connectivity index (χ4n) is 3.20. The molecule has 33 heavy (non-hydrogen) atoms. The van der Waals surface area contributed by atoms with Crippen LogP contribution in [0.25, 0.3) is 16.3 Å². The lowest BCUT2D eigenvalue weighted by molar-refractivity contribution is -0.114. The number of ether oxygens (including phenoxy) is 4. The van der Waals surface area contributed by atoms with Gasteiger partial charge in [0.15, 0.2) is 16.6 Å². The second kappa shape index (κ2) is 11.0. The smallest absolute Gasteiger partial charge is 0.252 e. The molecule has 0 aliphatic heterocycles. The summed E-state index contributed by atoms with van der Waals surface area (Å²) in [5.74, 6) is 2.38. The molecule has 0 saturated carbocycles. The van der Waals surface area contributed by atoms with Crippen molar-refractivity contribution in [2.75, 3.05) is 60.5 Å². The zero-order valence-electron chi connectivity index (χ0n) is 19.7. The third kappa shape index (κ3) is 5.55. The van der Waals surface area contributed by atoms with E-state index in [0.29, 0.717) is 46.7 Å². The maximum absolute atomic E-state index is 13.3. The van der Waals surface area contributed by atoms with E-state index in [1.807, 2.05) is 43.3 Å². The first-order chi connectivity index (χ1) is 15.9. The molecule has 1 amide bonds. The molecule has 9 heteroatoms. The van der Waals surface area contributed by atoms with E-state index in [4.69, 9.17) is 23.9 Å². The van der Waals surface area contributed by atoms with E-state index in [1.165, 1.54) is 17.4 Å². The second-order valence-corrected chi connectivity index (χ2v) is 8.36. The summed E-state index contributed by atoms with van der Waals surface area (Å²) in [5, 5.41) is 0.580. The van der Waals surface area contributed by atoms with E-state index < -0.39 is 0 Å². The number of anilines is 1. The average molecular weight is 472 g/mol. The van der Waals surface area contributed by atoms with E-state index in [0.717, 1.165) is 10.3 Å². The van der Waals surface area contributed by atoms with Crippen molar-refractivity contribution in [3.8, 4) is 23.0 Å². The zero-order chi connectivity index (χ0) is 24.0. The van der Waals surface area contributed by atoms with Gasteiger partial charge in [-0.1, -0.05) is 17.4 Å². The highest BCUT2D eigenvalue weighted by molar-refractivity contribution is 7.22. The van der Waals surface area contributed by atoms with Gasteiger partial charge in [-0.05, 0) is 50.0 Å². The standard InChI is InChI=1S/C24H29N3O5S/c1-26(2)13-14-27(21(28)12-8-16-7-9-17(29-3)20(15-16)32-6)24-25-22-18(30-4)10-11-19(31-5)23(22)33-24/h7-12,15H,13-14H2,1-6H3/b12-8+. The number of likely N-dealkylation sites (N-methyl/N-ethyl adjacent to an activating group) is 1. The first-order valence-corrected chi connectivity index (χ1v) is 11.1. The molecule has 1 heterocycles. The molecular formula is C24H29N3O5S. The molecule has 0 spiro atoms. The van der Waals surface area contributed by atoms with Crippen LogP contribution in [0, 0.1) is 0 Å². The van der Waals surface area contributed by atoms with Crippen LogP contribution in [0.3, 0.4) is 0 Å². The van der Waals surface area contributed by atoms with Gasteiger partial charge in [-0.15, -0.1) is 0 Å². The SMILES string of the molecule is COc1ccc(/C=C/C(=O)N(CCN(C)C)c2nc3c(OC)ccc(OC)c3s2)cc1OC. The second-order valence-electron chi connectivity index (χ2n) is 7.39. The van der Waals surface area contributed by atoms with Gasteiger partial charge in [-0.25, -0.2) is 4.98 Å². The summed E-state index contributed by atoms with van der Waals surface area (Å²) >= 11 is 1.40. The summed E-state index contributed by atoms with van der Waals surface area (Å²) in [7, 11) is 10.3. The Hall–Kier alpha value is -3.30. The van der Waals surface area contributed by atoms with Crippen molar-refractivity contribution >= 4 is 38.7 Å². The van der Waals surface area contributed by atoms with Crippen molar-refractivity contribution in [2.24, 2.45) is 0 Å². The van der Waals surface area contributed by atoms with Crippen LogP contribution in [-0.4, -0.2) is 71.4 Å². The number of nitrogens with zero attached hydrogens (tertiary/aromatic N) is 3. The number of benzene rings is 2. The molecule has 0 radical (unpaired) electrons. The number of carbonyl (C=O) groups is 1. The molecule has 0 aliphatic rings. The number of fused-ring (bicyclic) bond motifs is 1. The lowest BCUT2D eigenvalue weighted by Crippen LogP contribution is -2.35. The molecule has 3 rings (SSSR count). The summed E-state index contributed by atoms with van der Waals surface area (Å²) in [4.78, 5) is 21.7. The number of amides is 1. The molecule has 3 aromatic rings. The van der Waals surface area contributed by atoms with E-state index in [9.17, 15) is 4.79 Å². The van der Waals surface area contributed by atoms with Crippen LogP contribution in [0.15, 0.2) is 36.4 Å². The van der Waals surface area contributed by atoms with Gasteiger partial charge in [0.1, 0.15) is 21.7 Å². The first kappa shape index (κ1) is 24.3. The molecule has 0 unspecified atom stereocenters. The predicted octanol–water partition coefficient (Wildman–Crippen LogP) is 3.94. The van der Waals surface area contributed by atoms with Crippen molar-refractivity contribution in [2.45, 2.75) is 0 Å². The van der Waals surface area contributed by atoms with Crippen molar-refractivity contribution in [1.82, 2.24) is 9.88 Å². The summed E-state index contributed by atoms with van der Waals surface area (Å²) in [5.41, 5.74) is 1.49. The molecule has 0 aliphatic carbocycles. The average Bonchev–Trinajstić information content (AvgIpc) is 3.26. The molecule has 0 fully saturated rings. The van der Waals surface area contributed by atoms with Gasteiger partial charge in [0.2, 0.25) is 0 Å². The Balaban J connectivity index is 1.96. The van der Waals surface area contributed by atoms with Crippen molar-refractivity contribution in [3.05, 3.63) is 42.0 Å². The number of aromatic nitrogens is 1. The summed E-state index contributed by atoms with van der Waals surface area (Å²) in [6.45, 7) is 1.16. The van der Waals surface area contributed by atoms with Crippen LogP contribution >= 0.6 is 11.3 Å². The highest BCUT2D eigenvalue weighted by Gasteiger charge is 2.21. The van der Waals surface area contributed by atoms with E-state index in [-0.39, 0.29) is 5.91 Å². The van der Waals surface area contributed by atoms with Crippen LogP contribution < -0.4 is 23.8 Å². The Morgan fingerprint density at radius 3 is 2.18 bits per heavy atom. The minimum absolute atomic E-state index is 0.177. The number of rotatable bonds is 10. The fraction of sp³-hybridized carbons (Fsp3) is 0.333. The fourth-order valence-corrected chi connectivity index (χ4v) is 4.31. The van der Waals surface area contributed by atoms with Crippen LogP contribution in [0.4, 0.5) is 5.13 Å². The Morgan fingerprint density at radius 1 is 0.909 bits per heavy atom. The minimum atomic E-state index is -0.177. The molecule has 0 bridgehead atoms. The minimum Gasteiger partial charge on any atom is -0.495 e. The normalized spacial score (nSPS) is 11.2. The predicted molar refractivity (Wildman–Crippen MR) is 132 cm³/mol. The summed E-state index contributed by atoms with van der Waals surface area (Å²) in [6.07, 6.45) is 3.29. The maximum atomic E-state index is 13.3. The topological polar surface area (TPSA) is 73.4 Å². The van der Waals surface area contributed by atoms with Gasteiger partial charge in [-0.2, -0.15) is 0 Å². The molecule has 176 valence electrons. The van der Waals surface area contributed by atoms with E-state index in [2.05, 4.69) is 0 Å². The quantitative estimate of drug-likeness (QED) is 0.415. The monoisotopic (exact) mass is 471 g/mol. The van der Waals surface area contributed by atoms with Crippen molar-refractivity contribution < 1.29 is 23.7 Å². The number of methoxy groups -OCH3 is 4. The third-order valence-electron chi connectivity index (χ3n) is 4.99. The summed E-state index contributed by atoms with van der Waals surface area (Å²) in [6, 6.07) is 9.14. The Morgan fingerprint density at radius 2 is 1.55 bits per heavy atom. The van der Waals surface area contributed by atoms with Crippen LogP contribution in [0.1, 0.15) is 5.56 Å². The van der Waals surface area contributed by atoms with Gasteiger partial charge in [-0.3, -0.25) is 9.69 Å². The van der Waals surface area contributed by atoms with E-state index >= 15 is 0 Å². The van der Waals surface area contributed by atoms with Crippen molar-refractivity contribution in [3.63, 3.8) is 0 Å². The Bertz CT molecular complexity index is 1100. The van der Waals surface area contributed by atoms with Crippen LogP contribution in [0.2, 0.25) is 0 Å². The highest BCUT2D eigenvalue weighted by Crippen LogP contribution is 2.40. The molecular weight excluding hydrogens is 442 g/mol. The van der Waals surface area contributed by atoms with Crippen LogP contribution in [-0.2, 0) is 4.79 Å². The number of carbonyl (C=O) groups excluding carboxylic acids is 1. The largest absolute Gasteiger partial charge is 0.495 e. The number of thiazole rings is 1. The number of hydrogen-bond acceptors (Lipinski definition) is 8. The van der Waals surface area contributed by atoms with Gasteiger partial charge < -0.3 is 23.8 Å². The third-order valence-corrected chi connectivity index (χ3v) is 6.09. The van der Waals surface area contributed by atoms with Gasteiger partial charge >= 0.3 is 0 Å². The van der Waals surface area contributed by atoms with Gasteiger partial charge in [0.25, 0.3) is 5.91 Å². The molecule has 0 saturated heterocycles. The molecule has 0 N–H and O–H groups in total. The van der Waals surface area contributed by atoms with Gasteiger partial charge in [0.05, 0.1) is 28.4 Å². The maximum Gasteiger partial charge on any atom is 0.252 e. The molecule has 1 aromatic heterocycles. The summed E-state index contributed by atoms with van der Waals surface area (Å²) < 4.78 is 22.4. The van der Waals surface area contributed by atoms with Gasteiger partial charge in [0, 0.05) is 19.2 Å². The lowest BCUT2D eigenvalue weighted by atomic mass is 10.2. The zero-order valence-corrected chi connectivity index (χ0v) is 20.6. The van der Waals surface area contributed by atoms with E-state index in [1.54, 1.807) is 45.5 Å². The Labute approximate surface area is 197 Å². The first-order valence-electron chi connectivity index (χ1n) is 10.3. The molecule has 8 nitrogen and oxygen atoms in total. The molecule has 0 atom stereocenters. The molecule has 2 aromatic carbocycles. The lowest BCUT2D eigenvalue weighted by Gasteiger charge is -2.20. The number of hydrogen-bond donors (Lipinski definition) is 0. The van der Waals surface area contributed by atoms with Crippen LogP contribution in [0.5, 0.6) is 23.0 Å².